The van der Waals surface area contributed by atoms with Gasteiger partial charge in [0.05, 0.1) is 0 Å². The quantitative estimate of drug-likeness (QED) is 0.844. The molecule has 1 heterocycles. The number of nitrogens with zero attached hydrogens (tertiary/aromatic N) is 2. The first-order chi connectivity index (χ1) is 10.2. The molecule has 2 rings (SSSR count). The van der Waals surface area contributed by atoms with E-state index in [4.69, 9.17) is 0 Å². The number of nitrogens with one attached hydrogen (secondary N) is 1. The summed E-state index contributed by atoms with van der Waals surface area (Å²) in [5, 5.41) is 3.37. The van der Waals surface area contributed by atoms with Crippen LogP contribution >= 0.6 is 15.9 Å². The van der Waals surface area contributed by atoms with Gasteiger partial charge in [0.15, 0.2) is 0 Å². The molecule has 0 bridgehead atoms. The third kappa shape index (κ3) is 4.05. The molecular weight excluding hydrogens is 326 g/mol. The molecule has 0 aliphatic rings. The first-order valence-corrected chi connectivity index (χ1v) is 8.12. The van der Waals surface area contributed by atoms with Crippen LogP contribution in [-0.4, -0.2) is 18.6 Å². The lowest BCUT2D eigenvalue weighted by molar-refractivity contribution is 0.723. The molecule has 0 spiro atoms. The Kier molecular flexibility index (Phi) is 5.76. The van der Waals surface area contributed by atoms with Gasteiger partial charge in [-0.25, -0.2) is 4.98 Å². The number of halogens is 1. The molecule has 2 aromatic rings. The minimum Gasteiger partial charge on any atom is -0.329 e. The van der Waals surface area contributed by atoms with E-state index in [1.807, 2.05) is 6.20 Å². The molecule has 1 aromatic heterocycles. The summed E-state index contributed by atoms with van der Waals surface area (Å²) in [5.41, 5.74) is 3.69. The number of hydrogen-bond acceptors (Lipinski definition) is 3. The molecule has 21 heavy (non-hydrogen) atoms. The van der Waals surface area contributed by atoms with Gasteiger partial charge in [0.25, 0.3) is 0 Å². The number of benzene rings is 1. The number of aryl methyl sites for hydroxylation is 1. The van der Waals surface area contributed by atoms with E-state index >= 15 is 0 Å². The van der Waals surface area contributed by atoms with Crippen molar-refractivity contribution in [2.45, 2.75) is 26.8 Å². The average Bonchev–Trinajstić information content (AvgIpc) is 2.52. The van der Waals surface area contributed by atoms with E-state index in [0.717, 1.165) is 35.5 Å². The zero-order valence-electron chi connectivity index (χ0n) is 12.9. The van der Waals surface area contributed by atoms with Crippen LogP contribution in [0.25, 0.3) is 0 Å². The SMILES string of the molecule is CCNCc1cc(Br)cnc1N(C)c1ccc(CC)cc1. The van der Waals surface area contributed by atoms with E-state index in [0.29, 0.717) is 0 Å². The Labute approximate surface area is 135 Å². The first kappa shape index (κ1) is 16.0. The summed E-state index contributed by atoms with van der Waals surface area (Å²) in [6, 6.07) is 10.8. The zero-order valence-corrected chi connectivity index (χ0v) is 14.4. The van der Waals surface area contributed by atoms with Crippen LogP contribution in [0.3, 0.4) is 0 Å². The molecule has 0 saturated heterocycles. The molecular formula is C17H22BrN3. The van der Waals surface area contributed by atoms with Crippen molar-refractivity contribution < 1.29 is 0 Å². The van der Waals surface area contributed by atoms with Crippen LogP contribution in [0.5, 0.6) is 0 Å². The van der Waals surface area contributed by atoms with Crippen LogP contribution in [0.2, 0.25) is 0 Å². The maximum absolute atomic E-state index is 4.59. The van der Waals surface area contributed by atoms with Crippen molar-refractivity contribution in [3.8, 4) is 0 Å². The van der Waals surface area contributed by atoms with Crippen molar-refractivity contribution in [3.63, 3.8) is 0 Å². The molecule has 4 heteroatoms. The highest BCUT2D eigenvalue weighted by Gasteiger charge is 2.11. The maximum Gasteiger partial charge on any atom is 0.137 e. The minimum atomic E-state index is 0.815. The molecule has 3 nitrogen and oxygen atoms in total. The molecule has 0 fully saturated rings. The van der Waals surface area contributed by atoms with Gasteiger partial charge in [0.1, 0.15) is 5.82 Å². The van der Waals surface area contributed by atoms with Crippen LogP contribution in [0, 0.1) is 0 Å². The van der Waals surface area contributed by atoms with E-state index in [1.54, 1.807) is 0 Å². The third-order valence-corrected chi connectivity index (χ3v) is 3.96. The summed E-state index contributed by atoms with van der Waals surface area (Å²) < 4.78 is 1.01. The van der Waals surface area contributed by atoms with Gasteiger partial charge in [-0.2, -0.15) is 0 Å². The summed E-state index contributed by atoms with van der Waals surface area (Å²) in [4.78, 5) is 6.73. The smallest absolute Gasteiger partial charge is 0.137 e. The Morgan fingerprint density at radius 3 is 2.52 bits per heavy atom. The fourth-order valence-electron chi connectivity index (χ4n) is 2.24. The third-order valence-electron chi connectivity index (χ3n) is 3.52. The topological polar surface area (TPSA) is 28.2 Å². The predicted octanol–water partition coefficient (Wildman–Crippen LogP) is 4.28. The highest BCUT2D eigenvalue weighted by Crippen LogP contribution is 2.27. The molecule has 112 valence electrons. The Hall–Kier alpha value is -1.39. The van der Waals surface area contributed by atoms with Crippen LogP contribution in [0.15, 0.2) is 41.0 Å². The summed E-state index contributed by atoms with van der Waals surface area (Å²) >= 11 is 3.50. The Bertz CT molecular complexity index is 581. The van der Waals surface area contributed by atoms with Crippen molar-refractivity contribution in [1.29, 1.82) is 0 Å². The fraction of sp³-hybridized carbons (Fsp3) is 0.353. The molecule has 1 aromatic carbocycles. The largest absolute Gasteiger partial charge is 0.329 e. The Morgan fingerprint density at radius 2 is 1.90 bits per heavy atom. The van der Waals surface area contributed by atoms with Gasteiger partial charge in [-0.3, -0.25) is 0 Å². The van der Waals surface area contributed by atoms with Crippen LogP contribution in [-0.2, 0) is 13.0 Å². The standard InChI is InChI=1S/C17H22BrN3/c1-4-13-6-8-16(9-7-13)21(3)17-14(11-19-5-2)10-15(18)12-20-17/h6-10,12,19H,4-5,11H2,1-3H3. The minimum absolute atomic E-state index is 0.815. The van der Waals surface area contributed by atoms with Crippen molar-refractivity contribution in [2.24, 2.45) is 0 Å². The Balaban J connectivity index is 2.30. The average molecular weight is 348 g/mol. The second kappa shape index (κ2) is 7.57. The molecule has 0 radical (unpaired) electrons. The van der Waals surface area contributed by atoms with Crippen molar-refractivity contribution in [3.05, 3.63) is 52.1 Å². The number of rotatable bonds is 6. The second-order valence-corrected chi connectivity index (χ2v) is 5.91. The zero-order chi connectivity index (χ0) is 15.2. The molecule has 0 atom stereocenters. The summed E-state index contributed by atoms with van der Waals surface area (Å²) in [6.07, 6.45) is 2.91. The van der Waals surface area contributed by atoms with E-state index in [9.17, 15) is 0 Å². The molecule has 1 N–H and O–H groups in total. The molecule has 0 amide bonds. The normalized spacial score (nSPS) is 10.7. The van der Waals surface area contributed by atoms with E-state index in [-0.39, 0.29) is 0 Å². The highest BCUT2D eigenvalue weighted by atomic mass is 79.9. The fourth-order valence-corrected chi connectivity index (χ4v) is 2.62. The predicted molar refractivity (Wildman–Crippen MR) is 93.2 cm³/mol. The van der Waals surface area contributed by atoms with Gasteiger partial charge in [0.2, 0.25) is 0 Å². The van der Waals surface area contributed by atoms with E-state index < -0.39 is 0 Å². The van der Waals surface area contributed by atoms with Crippen LogP contribution < -0.4 is 10.2 Å². The van der Waals surface area contributed by atoms with Gasteiger partial charge in [-0.05, 0) is 52.7 Å². The van der Waals surface area contributed by atoms with Gasteiger partial charge in [-0.15, -0.1) is 0 Å². The van der Waals surface area contributed by atoms with Crippen LogP contribution in [0.4, 0.5) is 11.5 Å². The lowest BCUT2D eigenvalue weighted by atomic mass is 10.1. The van der Waals surface area contributed by atoms with E-state index in [2.05, 4.69) is 82.4 Å². The molecule has 0 unspecified atom stereocenters. The summed E-state index contributed by atoms with van der Waals surface area (Å²) in [7, 11) is 2.06. The number of aromatic nitrogens is 1. The second-order valence-electron chi connectivity index (χ2n) is 5.00. The van der Waals surface area contributed by atoms with E-state index in [1.165, 1.54) is 11.1 Å². The van der Waals surface area contributed by atoms with Crippen LogP contribution in [0.1, 0.15) is 25.0 Å². The molecule has 0 saturated carbocycles. The summed E-state index contributed by atoms with van der Waals surface area (Å²) in [5.74, 6) is 0.989. The summed E-state index contributed by atoms with van der Waals surface area (Å²) in [6.45, 7) is 6.04. The van der Waals surface area contributed by atoms with Crippen molar-refractivity contribution in [2.75, 3.05) is 18.5 Å². The lowest BCUT2D eigenvalue weighted by Crippen LogP contribution is -2.18. The van der Waals surface area contributed by atoms with Gasteiger partial charge >= 0.3 is 0 Å². The maximum atomic E-state index is 4.59. The number of pyridine rings is 1. The Morgan fingerprint density at radius 1 is 1.19 bits per heavy atom. The molecule has 0 aliphatic heterocycles. The number of hydrogen-bond donors (Lipinski definition) is 1. The first-order valence-electron chi connectivity index (χ1n) is 7.33. The van der Waals surface area contributed by atoms with Gasteiger partial charge < -0.3 is 10.2 Å². The lowest BCUT2D eigenvalue weighted by Gasteiger charge is -2.22. The molecule has 0 aliphatic carbocycles. The monoisotopic (exact) mass is 347 g/mol. The van der Waals surface area contributed by atoms with Crippen molar-refractivity contribution >= 4 is 27.4 Å². The van der Waals surface area contributed by atoms with Crippen molar-refractivity contribution in [1.82, 2.24) is 10.3 Å². The highest BCUT2D eigenvalue weighted by molar-refractivity contribution is 9.10. The van der Waals surface area contributed by atoms with Gasteiger partial charge in [0, 0.05) is 35.5 Å². The van der Waals surface area contributed by atoms with Gasteiger partial charge in [-0.1, -0.05) is 26.0 Å². The number of anilines is 2.